The summed E-state index contributed by atoms with van der Waals surface area (Å²) >= 11 is 12.1. The van der Waals surface area contributed by atoms with Crippen LogP contribution < -0.4 is 5.32 Å². The molecule has 1 atom stereocenters. The van der Waals surface area contributed by atoms with Crippen molar-refractivity contribution in [2.75, 3.05) is 5.32 Å². The van der Waals surface area contributed by atoms with Crippen molar-refractivity contribution in [3.8, 4) is 0 Å². The van der Waals surface area contributed by atoms with Crippen LogP contribution in [0.2, 0.25) is 10.0 Å². The summed E-state index contributed by atoms with van der Waals surface area (Å²) in [4.78, 5) is 0. The van der Waals surface area contributed by atoms with E-state index in [0.717, 1.165) is 30.7 Å². The number of fused-ring (bicyclic) bond motifs is 1. The topological polar surface area (TPSA) is 25.2 Å². The third kappa shape index (κ3) is 2.23. The highest BCUT2D eigenvalue weighted by Gasteiger charge is 2.22. The van der Waals surface area contributed by atoms with Gasteiger partial charge in [-0.3, -0.25) is 0 Å². The zero-order valence-electron chi connectivity index (χ0n) is 9.75. The number of anilines is 1. The van der Waals surface area contributed by atoms with Crippen LogP contribution in [-0.4, -0.2) is 0 Å². The van der Waals surface area contributed by atoms with Gasteiger partial charge in [-0.1, -0.05) is 23.2 Å². The van der Waals surface area contributed by atoms with Gasteiger partial charge < -0.3 is 9.73 Å². The summed E-state index contributed by atoms with van der Waals surface area (Å²) in [5.41, 5.74) is 2.16. The maximum Gasteiger partial charge on any atom is 0.109 e. The summed E-state index contributed by atoms with van der Waals surface area (Å²) in [5, 5.41) is 4.77. The normalized spacial score (nSPS) is 18.4. The van der Waals surface area contributed by atoms with Crippen molar-refractivity contribution in [3.63, 3.8) is 0 Å². The number of halogens is 2. The molecule has 4 heteroatoms. The van der Waals surface area contributed by atoms with Gasteiger partial charge in [-0.05, 0) is 37.1 Å². The van der Waals surface area contributed by atoms with E-state index >= 15 is 0 Å². The fourth-order valence-electron chi connectivity index (χ4n) is 2.43. The van der Waals surface area contributed by atoms with Gasteiger partial charge >= 0.3 is 0 Å². The van der Waals surface area contributed by atoms with Crippen molar-refractivity contribution in [2.24, 2.45) is 0 Å². The third-order valence-corrected chi connectivity index (χ3v) is 3.86. The minimum Gasteiger partial charge on any atom is -0.469 e. The Bertz CT molecular complexity index is 565. The van der Waals surface area contributed by atoms with Crippen LogP contribution in [0.25, 0.3) is 0 Å². The molecular formula is C14H13Cl2NO. The number of aryl methyl sites for hydroxylation is 1. The lowest BCUT2D eigenvalue weighted by atomic mass is 9.93. The number of furan rings is 1. The quantitative estimate of drug-likeness (QED) is 0.831. The summed E-state index contributed by atoms with van der Waals surface area (Å²) in [6, 6.07) is 7.82. The van der Waals surface area contributed by atoms with Gasteiger partial charge in [0.2, 0.25) is 0 Å². The molecule has 94 valence electrons. The van der Waals surface area contributed by atoms with E-state index in [1.165, 1.54) is 5.56 Å². The van der Waals surface area contributed by atoms with E-state index in [-0.39, 0.29) is 6.04 Å². The second-order valence-electron chi connectivity index (χ2n) is 4.51. The molecule has 2 aromatic rings. The van der Waals surface area contributed by atoms with E-state index in [1.54, 1.807) is 12.3 Å². The summed E-state index contributed by atoms with van der Waals surface area (Å²) in [5.74, 6) is 1.09. The van der Waals surface area contributed by atoms with Gasteiger partial charge in [0.15, 0.2) is 0 Å². The van der Waals surface area contributed by atoms with Crippen LogP contribution >= 0.6 is 23.2 Å². The molecule has 1 aromatic heterocycles. The molecule has 1 aromatic carbocycles. The molecule has 18 heavy (non-hydrogen) atoms. The highest BCUT2D eigenvalue weighted by molar-refractivity contribution is 6.36. The van der Waals surface area contributed by atoms with Gasteiger partial charge in [0, 0.05) is 17.0 Å². The average Bonchev–Trinajstić information content (AvgIpc) is 2.82. The molecule has 1 unspecified atom stereocenters. The minimum atomic E-state index is 0.270. The van der Waals surface area contributed by atoms with Gasteiger partial charge in [-0.2, -0.15) is 0 Å². The first kappa shape index (κ1) is 11.9. The average molecular weight is 282 g/mol. The molecule has 2 nitrogen and oxygen atoms in total. The Morgan fingerprint density at radius 1 is 1.22 bits per heavy atom. The summed E-state index contributed by atoms with van der Waals surface area (Å²) in [6.45, 7) is 0. The molecule has 3 rings (SSSR count). The van der Waals surface area contributed by atoms with Crippen molar-refractivity contribution in [2.45, 2.75) is 25.3 Å². The van der Waals surface area contributed by atoms with Gasteiger partial charge in [0.05, 0.1) is 23.0 Å². The number of nitrogens with one attached hydrogen (secondary N) is 1. The molecule has 1 heterocycles. The Morgan fingerprint density at radius 2 is 2.11 bits per heavy atom. The van der Waals surface area contributed by atoms with E-state index in [4.69, 9.17) is 27.6 Å². The minimum absolute atomic E-state index is 0.270. The predicted octanol–water partition coefficient (Wildman–Crippen LogP) is 5.08. The van der Waals surface area contributed by atoms with E-state index < -0.39 is 0 Å². The Hall–Kier alpha value is -1.12. The predicted molar refractivity (Wildman–Crippen MR) is 74.5 cm³/mol. The van der Waals surface area contributed by atoms with Crippen molar-refractivity contribution < 1.29 is 4.42 Å². The largest absolute Gasteiger partial charge is 0.469 e. The van der Waals surface area contributed by atoms with Crippen LogP contribution in [0, 0.1) is 0 Å². The molecule has 0 aliphatic heterocycles. The van der Waals surface area contributed by atoms with Gasteiger partial charge in [0.25, 0.3) is 0 Å². The molecular weight excluding hydrogens is 269 g/mol. The van der Waals surface area contributed by atoms with E-state index in [2.05, 4.69) is 5.32 Å². The molecule has 0 radical (unpaired) electrons. The van der Waals surface area contributed by atoms with Gasteiger partial charge in [-0.25, -0.2) is 0 Å². The van der Waals surface area contributed by atoms with Gasteiger partial charge in [-0.15, -0.1) is 0 Å². The van der Waals surface area contributed by atoms with Crippen molar-refractivity contribution in [3.05, 3.63) is 51.9 Å². The maximum atomic E-state index is 6.18. The third-order valence-electron chi connectivity index (χ3n) is 3.31. The molecule has 0 saturated heterocycles. The molecule has 1 aliphatic carbocycles. The Morgan fingerprint density at radius 3 is 2.94 bits per heavy atom. The Balaban J connectivity index is 1.86. The van der Waals surface area contributed by atoms with E-state index in [9.17, 15) is 0 Å². The van der Waals surface area contributed by atoms with Crippen LogP contribution in [0.1, 0.15) is 30.2 Å². The van der Waals surface area contributed by atoms with Crippen molar-refractivity contribution in [1.82, 2.24) is 0 Å². The SMILES string of the molecule is Clc1ccc(NC2CCCc3occc32)c(Cl)c1. The molecule has 0 fully saturated rings. The molecule has 0 saturated carbocycles. The fourth-order valence-corrected chi connectivity index (χ4v) is 2.89. The fraction of sp³-hybridized carbons (Fsp3) is 0.286. The first-order valence-corrected chi connectivity index (χ1v) is 6.77. The molecule has 0 amide bonds. The molecule has 1 aliphatic rings. The van der Waals surface area contributed by atoms with Crippen LogP contribution in [0.4, 0.5) is 5.69 Å². The molecule has 0 bridgehead atoms. The summed E-state index contributed by atoms with van der Waals surface area (Å²) < 4.78 is 5.48. The number of hydrogen-bond acceptors (Lipinski definition) is 2. The number of hydrogen-bond donors (Lipinski definition) is 1. The number of rotatable bonds is 2. The Kier molecular flexibility index (Phi) is 3.23. The van der Waals surface area contributed by atoms with Crippen LogP contribution in [0.3, 0.4) is 0 Å². The summed E-state index contributed by atoms with van der Waals surface area (Å²) in [7, 11) is 0. The van der Waals surface area contributed by atoms with Crippen molar-refractivity contribution in [1.29, 1.82) is 0 Å². The Labute approximate surface area is 116 Å². The van der Waals surface area contributed by atoms with Crippen LogP contribution in [0.5, 0.6) is 0 Å². The lowest BCUT2D eigenvalue weighted by Gasteiger charge is -2.24. The zero-order chi connectivity index (χ0) is 12.5. The number of benzene rings is 1. The highest BCUT2D eigenvalue weighted by Crippen LogP contribution is 2.35. The van der Waals surface area contributed by atoms with Crippen LogP contribution in [0.15, 0.2) is 34.9 Å². The first-order chi connectivity index (χ1) is 8.74. The second kappa shape index (κ2) is 4.87. The monoisotopic (exact) mass is 281 g/mol. The van der Waals surface area contributed by atoms with Crippen molar-refractivity contribution >= 4 is 28.9 Å². The highest BCUT2D eigenvalue weighted by atomic mass is 35.5. The lowest BCUT2D eigenvalue weighted by Crippen LogP contribution is -2.16. The lowest BCUT2D eigenvalue weighted by molar-refractivity contribution is 0.461. The molecule has 1 N–H and O–H groups in total. The van der Waals surface area contributed by atoms with E-state index in [1.807, 2.05) is 18.2 Å². The van der Waals surface area contributed by atoms with E-state index in [0.29, 0.717) is 10.0 Å². The summed E-state index contributed by atoms with van der Waals surface area (Å²) in [6.07, 6.45) is 5.00. The first-order valence-electron chi connectivity index (χ1n) is 6.02. The standard InChI is InChI=1S/C14H13Cl2NO/c15-9-4-5-13(11(16)8-9)17-12-2-1-3-14-10(12)6-7-18-14/h4-8,12,17H,1-3H2. The van der Waals surface area contributed by atoms with Crippen LogP contribution in [-0.2, 0) is 6.42 Å². The maximum absolute atomic E-state index is 6.18. The smallest absolute Gasteiger partial charge is 0.109 e. The van der Waals surface area contributed by atoms with Gasteiger partial charge in [0.1, 0.15) is 5.76 Å². The second-order valence-corrected chi connectivity index (χ2v) is 5.36. The zero-order valence-corrected chi connectivity index (χ0v) is 11.3. The molecule has 0 spiro atoms.